The lowest BCUT2D eigenvalue weighted by Gasteiger charge is -1.97. The second kappa shape index (κ2) is 3.30. The van der Waals surface area contributed by atoms with Crippen molar-refractivity contribution in [2.45, 2.75) is 0 Å². The van der Waals surface area contributed by atoms with Crippen molar-refractivity contribution in [3.05, 3.63) is 35.9 Å². The van der Waals surface area contributed by atoms with Crippen molar-refractivity contribution in [3.8, 4) is 11.5 Å². The molecule has 0 saturated heterocycles. The quantitative estimate of drug-likeness (QED) is 0.639. The molecule has 2 aromatic carbocycles. The second-order valence-electron chi connectivity index (χ2n) is 3.68. The van der Waals surface area contributed by atoms with Gasteiger partial charge in [0.05, 0.1) is 4.70 Å². The maximum Gasteiger partial charge on any atom is 0.182 e. The number of halogens is 2. The fraction of sp³-hybridized carbons (Fsp3) is 0. The van der Waals surface area contributed by atoms with E-state index in [-0.39, 0.29) is 4.70 Å². The van der Waals surface area contributed by atoms with E-state index in [1.54, 1.807) is 0 Å². The van der Waals surface area contributed by atoms with Crippen LogP contribution in [0.4, 0.5) is 8.78 Å². The SMILES string of the molecule is Oc1cc2sc3c(F)c(O)ccc3c2cc1F. The predicted octanol–water partition coefficient (Wildman–Crippen LogP) is 3.74. The van der Waals surface area contributed by atoms with Gasteiger partial charge < -0.3 is 10.2 Å². The molecule has 0 aliphatic rings. The summed E-state index contributed by atoms with van der Waals surface area (Å²) in [5.74, 6) is -2.36. The lowest BCUT2D eigenvalue weighted by molar-refractivity contribution is 0.434. The van der Waals surface area contributed by atoms with Gasteiger partial charge >= 0.3 is 0 Å². The summed E-state index contributed by atoms with van der Waals surface area (Å²) >= 11 is 1.06. The van der Waals surface area contributed by atoms with Crippen molar-refractivity contribution in [2.24, 2.45) is 0 Å². The Morgan fingerprint density at radius 2 is 1.71 bits per heavy atom. The molecule has 0 aliphatic heterocycles. The van der Waals surface area contributed by atoms with E-state index in [2.05, 4.69) is 0 Å². The van der Waals surface area contributed by atoms with Crippen LogP contribution in [-0.4, -0.2) is 10.2 Å². The molecule has 3 rings (SSSR count). The van der Waals surface area contributed by atoms with Crippen LogP contribution in [0.2, 0.25) is 0 Å². The first kappa shape index (κ1) is 10.3. The highest BCUT2D eigenvalue weighted by atomic mass is 32.1. The van der Waals surface area contributed by atoms with Gasteiger partial charge in [-0.1, -0.05) is 0 Å². The number of thiophene rings is 1. The third-order valence-electron chi connectivity index (χ3n) is 2.63. The average molecular weight is 252 g/mol. The number of rotatable bonds is 0. The maximum absolute atomic E-state index is 13.6. The molecule has 0 spiro atoms. The van der Waals surface area contributed by atoms with E-state index >= 15 is 0 Å². The number of phenols is 2. The van der Waals surface area contributed by atoms with Crippen LogP contribution in [0, 0.1) is 11.6 Å². The summed E-state index contributed by atoms with van der Waals surface area (Å²) in [5.41, 5.74) is 0. The number of phenolic OH excluding ortho intramolecular Hbond substituents is 2. The van der Waals surface area contributed by atoms with Crippen molar-refractivity contribution < 1.29 is 19.0 Å². The molecule has 0 unspecified atom stereocenters. The predicted molar refractivity (Wildman–Crippen MR) is 62.6 cm³/mol. The van der Waals surface area contributed by atoms with Crippen molar-refractivity contribution in [3.63, 3.8) is 0 Å². The van der Waals surface area contributed by atoms with Gasteiger partial charge in [-0.3, -0.25) is 0 Å². The molecule has 2 nitrogen and oxygen atoms in total. The fourth-order valence-electron chi connectivity index (χ4n) is 1.81. The molecule has 3 aromatic rings. The van der Waals surface area contributed by atoms with Gasteiger partial charge in [-0.25, -0.2) is 8.78 Å². The number of benzene rings is 2. The van der Waals surface area contributed by atoms with Gasteiger partial charge in [-0.15, -0.1) is 11.3 Å². The molecule has 0 aliphatic carbocycles. The summed E-state index contributed by atoms with van der Waals surface area (Å²) in [6.45, 7) is 0. The molecule has 0 fully saturated rings. The molecule has 0 atom stereocenters. The highest BCUT2D eigenvalue weighted by Crippen LogP contribution is 2.40. The number of hydrogen-bond acceptors (Lipinski definition) is 3. The van der Waals surface area contributed by atoms with Crippen LogP contribution in [0.5, 0.6) is 11.5 Å². The first-order valence-electron chi connectivity index (χ1n) is 4.80. The summed E-state index contributed by atoms with van der Waals surface area (Å²) in [6, 6.07) is 5.18. The minimum atomic E-state index is -0.745. The fourth-order valence-corrected chi connectivity index (χ4v) is 2.96. The first-order valence-corrected chi connectivity index (χ1v) is 5.62. The Balaban J connectivity index is 2.54. The molecule has 0 bridgehead atoms. The zero-order valence-electron chi connectivity index (χ0n) is 8.37. The third kappa shape index (κ3) is 1.36. The van der Waals surface area contributed by atoms with Gasteiger partial charge in [0.25, 0.3) is 0 Å². The Morgan fingerprint density at radius 3 is 2.47 bits per heavy atom. The number of fused-ring (bicyclic) bond motifs is 3. The van der Waals surface area contributed by atoms with E-state index in [4.69, 9.17) is 0 Å². The Kier molecular flexibility index (Phi) is 2.00. The van der Waals surface area contributed by atoms with Gasteiger partial charge in [0.1, 0.15) is 0 Å². The minimum Gasteiger partial charge on any atom is -0.505 e. The monoisotopic (exact) mass is 252 g/mol. The van der Waals surface area contributed by atoms with Crippen molar-refractivity contribution in [1.29, 1.82) is 0 Å². The van der Waals surface area contributed by atoms with E-state index in [1.807, 2.05) is 0 Å². The van der Waals surface area contributed by atoms with E-state index in [0.717, 1.165) is 11.3 Å². The zero-order chi connectivity index (χ0) is 12.2. The first-order chi connectivity index (χ1) is 8.08. The third-order valence-corrected chi connectivity index (χ3v) is 3.79. The van der Waals surface area contributed by atoms with Gasteiger partial charge in [0.15, 0.2) is 23.1 Å². The van der Waals surface area contributed by atoms with Crippen LogP contribution >= 0.6 is 11.3 Å². The Hall–Kier alpha value is -1.88. The molecule has 5 heteroatoms. The summed E-state index contributed by atoms with van der Waals surface area (Å²) < 4.78 is 27.7. The van der Waals surface area contributed by atoms with Gasteiger partial charge in [0.2, 0.25) is 0 Å². The minimum absolute atomic E-state index is 0.255. The Labute approximate surface area is 98.4 Å². The molecule has 1 aromatic heterocycles. The van der Waals surface area contributed by atoms with Gasteiger partial charge in [0, 0.05) is 21.5 Å². The van der Waals surface area contributed by atoms with Crippen LogP contribution in [0.15, 0.2) is 24.3 Å². The summed E-state index contributed by atoms with van der Waals surface area (Å²) in [5, 5.41) is 19.6. The molecule has 0 amide bonds. The molecule has 0 radical (unpaired) electrons. The Morgan fingerprint density at radius 1 is 0.941 bits per heavy atom. The van der Waals surface area contributed by atoms with E-state index < -0.39 is 23.1 Å². The van der Waals surface area contributed by atoms with Crippen LogP contribution < -0.4 is 0 Å². The number of aromatic hydroxyl groups is 2. The maximum atomic E-state index is 13.6. The normalized spacial score (nSPS) is 11.4. The smallest absolute Gasteiger partial charge is 0.182 e. The van der Waals surface area contributed by atoms with E-state index in [1.165, 1.54) is 24.3 Å². The lowest BCUT2D eigenvalue weighted by Crippen LogP contribution is -1.77. The van der Waals surface area contributed by atoms with Gasteiger partial charge in [-0.05, 0) is 18.2 Å². The van der Waals surface area contributed by atoms with Crippen molar-refractivity contribution >= 4 is 31.5 Å². The van der Waals surface area contributed by atoms with E-state index in [9.17, 15) is 19.0 Å². The topological polar surface area (TPSA) is 40.5 Å². The zero-order valence-corrected chi connectivity index (χ0v) is 9.18. The highest BCUT2D eigenvalue weighted by molar-refractivity contribution is 7.25. The Bertz CT molecular complexity index is 749. The van der Waals surface area contributed by atoms with Gasteiger partial charge in [-0.2, -0.15) is 0 Å². The molecule has 1 heterocycles. The summed E-state index contributed by atoms with van der Waals surface area (Å²) in [6.07, 6.45) is 0. The molecule has 2 N–H and O–H groups in total. The molecule has 86 valence electrons. The molecule has 17 heavy (non-hydrogen) atoms. The summed E-state index contributed by atoms with van der Waals surface area (Å²) in [4.78, 5) is 0. The highest BCUT2D eigenvalue weighted by Gasteiger charge is 2.14. The average Bonchev–Trinajstić information content (AvgIpc) is 2.63. The van der Waals surface area contributed by atoms with Crippen LogP contribution in [-0.2, 0) is 0 Å². The van der Waals surface area contributed by atoms with Crippen molar-refractivity contribution in [1.82, 2.24) is 0 Å². The largest absolute Gasteiger partial charge is 0.505 e. The lowest BCUT2D eigenvalue weighted by atomic mass is 10.1. The van der Waals surface area contributed by atoms with Crippen LogP contribution in [0.1, 0.15) is 0 Å². The molecular formula is C12H6F2O2S. The second-order valence-corrected chi connectivity index (χ2v) is 4.73. The van der Waals surface area contributed by atoms with Crippen LogP contribution in [0.25, 0.3) is 20.2 Å². The standard InChI is InChI=1S/C12H6F2O2S/c13-7-3-6-5-1-2-8(15)11(14)12(5)17-10(6)4-9(7)16/h1-4,15-16H. The van der Waals surface area contributed by atoms with Crippen molar-refractivity contribution in [2.75, 3.05) is 0 Å². The molecular weight excluding hydrogens is 246 g/mol. The van der Waals surface area contributed by atoms with E-state index in [0.29, 0.717) is 15.5 Å². The molecule has 0 saturated carbocycles. The van der Waals surface area contributed by atoms with Crippen LogP contribution in [0.3, 0.4) is 0 Å². The number of hydrogen-bond donors (Lipinski definition) is 2. The summed E-state index contributed by atoms with van der Waals surface area (Å²) in [7, 11) is 0.